The number of rotatable bonds is 12. The van der Waals surface area contributed by atoms with Crippen molar-refractivity contribution >= 4 is 21.5 Å². The monoisotopic (exact) mass is 430 g/mol. The molecule has 0 aliphatic heterocycles. The molecule has 2 heteroatoms. The number of hydrogen-bond donors (Lipinski definition) is 0. The minimum Gasteiger partial charge on any atom is -0.492 e. The second-order valence-corrected chi connectivity index (χ2v) is 8.24. The zero-order chi connectivity index (χ0) is 22.8. The molecule has 0 bridgehead atoms. The van der Waals surface area contributed by atoms with Gasteiger partial charge in [-0.1, -0.05) is 62.4 Å². The number of aryl methyl sites for hydroxylation is 2. The van der Waals surface area contributed by atoms with Crippen LogP contribution >= 0.6 is 0 Å². The Labute approximate surface area is 193 Å². The van der Waals surface area contributed by atoms with Gasteiger partial charge < -0.3 is 9.47 Å². The van der Waals surface area contributed by atoms with Gasteiger partial charge in [-0.3, -0.25) is 0 Å². The van der Waals surface area contributed by atoms with Gasteiger partial charge in [0, 0.05) is 21.5 Å². The molecule has 3 rings (SSSR count). The zero-order valence-corrected chi connectivity index (χ0v) is 20.2. The number of benzene rings is 3. The van der Waals surface area contributed by atoms with Crippen LogP contribution in [-0.2, 0) is 12.8 Å². The quantitative estimate of drug-likeness (QED) is 0.163. The number of hydrogen-bond acceptors (Lipinski definition) is 2. The topological polar surface area (TPSA) is 18.5 Å². The van der Waals surface area contributed by atoms with Gasteiger partial charge in [-0.15, -0.1) is 0 Å². The highest BCUT2D eigenvalue weighted by Crippen LogP contribution is 2.43. The summed E-state index contributed by atoms with van der Waals surface area (Å²) in [6.45, 7) is 9.96. The van der Waals surface area contributed by atoms with Crippen LogP contribution in [0.1, 0.15) is 64.5 Å². The molecule has 170 valence electrons. The summed E-state index contributed by atoms with van der Waals surface area (Å²) in [5, 5.41) is 4.63. The van der Waals surface area contributed by atoms with E-state index in [1.807, 2.05) is 0 Å². The highest BCUT2D eigenvalue weighted by Gasteiger charge is 2.17. The van der Waals surface area contributed by atoms with Crippen LogP contribution in [0.25, 0.3) is 21.5 Å². The Morgan fingerprint density at radius 3 is 1.47 bits per heavy atom. The molecule has 0 saturated heterocycles. The molecule has 0 unspecified atom stereocenters. The lowest BCUT2D eigenvalue weighted by Crippen LogP contribution is -2.03. The van der Waals surface area contributed by atoms with Gasteiger partial charge in [-0.05, 0) is 75.6 Å². The van der Waals surface area contributed by atoms with Crippen LogP contribution in [-0.4, -0.2) is 13.2 Å². The molecule has 0 amide bonds. The molecular formula is C30H38O2. The largest absolute Gasteiger partial charge is 0.492 e. The normalized spacial score (nSPS) is 11.9. The summed E-state index contributed by atoms with van der Waals surface area (Å²) in [6, 6.07) is 13.5. The molecule has 0 aromatic heterocycles. The van der Waals surface area contributed by atoms with Crippen molar-refractivity contribution in [2.75, 3.05) is 13.2 Å². The molecule has 3 aromatic carbocycles. The lowest BCUT2D eigenvalue weighted by atomic mass is 9.96. The Hall–Kier alpha value is -2.74. The lowest BCUT2D eigenvalue weighted by Gasteiger charge is -2.19. The highest BCUT2D eigenvalue weighted by molar-refractivity contribution is 6.11. The Bertz CT molecular complexity index is 1010. The molecule has 0 N–H and O–H groups in total. The van der Waals surface area contributed by atoms with Gasteiger partial charge in [0.2, 0.25) is 0 Å². The fraction of sp³-hybridized carbons (Fsp3) is 0.400. The smallest absolute Gasteiger partial charge is 0.135 e. The van der Waals surface area contributed by atoms with E-state index in [9.17, 15) is 0 Å². The molecule has 3 aromatic rings. The minimum atomic E-state index is 0.711. The summed E-state index contributed by atoms with van der Waals surface area (Å²) in [7, 11) is 0. The maximum atomic E-state index is 6.49. The van der Waals surface area contributed by atoms with Crippen molar-refractivity contribution in [3.8, 4) is 11.5 Å². The van der Waals surface area contributed by atoms with E-state index in [0.29, 0.717) is 13.2 Å². The first kappa shape index (κ1) is 23.9. The first-order valence-electron chi connectivity index (χ1n) is 12.2. The molecule has 0 saturated carbocycles. The van der Waals surface area contributed by atoms with Gasteiger partial charge in [0.25, 0.3) is 0 Å². The van der Waals surface area contributed by atoms with E-state index < -0.39 is 0 Å². The van der Waals surface area contributed by atoms with Crippen LogP contribution in [0.3, 0.4) is 0 Å². The molecule has 0 radical (unpaired) electrons. The Balaban J connectivity index is 2.11. The van der Waals surface area contributed by atoms with Crippen LogP contribution in [0.15, 0.2) is 60.7 Å². The van der Waals surface area contributed by atoms with Gasteiger partial charge in [0.15, 0.2) is 0 Å². The first-order chi connectivity index (χ1) is 15.7. The number of allylic oxidation sites excluding steroid dienone is 4. The molecule has 0 aliphatic rings. The van der Waals surface area contributed by atoms with Crippen molar-refractivity contribution in [2.45, 2.75) is 66.2 Å². The number of fused-ring (bicyclic) bond motifs is 2. The fourth-order valence-electron chi connectivity index (χ4n) is 4.08. The van der Waals surface area contributed by atoms with E-state index >= 15 is 0 Å². The maximum absolute atomic E-state index is 6.49. The molecule has 0 spiro atoms. The van der Waals surface area contributed by atoms with E-state index in [-0.39, 0.29) is 0 Å². The summed E-state index contributed by atoms with van der Waals surface area (Å²) < 4.78 is 12.9. The summed E-state index contributed by atoms with van der Waals surface area (Å²) in [5.41, 5.74) is 2.64. The van der Waals surface area contributed by atoms with Crippen LogP contribution in [0.2, 0.25) is 0 Å². The molecule has 0 atom stereocenters. The van der Waals surface area contributed by atoms with Crippen molar-refractivity contribution in [1.82, 2.24) is 0 Å². The minimum absolute atomic E-state index is 0.711. The Kier molecular flexibility index (Phi) is 9.22. The fourth-order valence-corrected chi connectivity index (χ4v) is 4.08. The molecule has 0 aliphatic carbocycles. The number of unbranched alkanes of at least 4 members (excludes halogenated alkanes) is 2. The predicted octanol–water partition coefficient (Wildman–Crippen LogP) is 8.59. The third-order valence-corrected chi connectivity index (χ3v) is 5.96. The first-order valence-corrected chi connectivity index (χ1v) is 12.2. The van der Waals surface area contributed by atoms with Gasteiger partial charge in [-0.25, -0.2) is 0 Å². The van der Waals surface area contributed by atoms with E-state index in [0.717, 1.165) is 60.8 Å². The highest BCUT2D eigenvalue weighted by atomic mass is 16.5. The molecule has 0 fully saturated rings. The van der Waals surface area contributed by atoms with Crippen molar-refractivity contribution in [2.24, 2.45) is 0 Å². The van der Waals surface area contributed by atoms with Crippen molar-refractivity contribution in [3.05, 3.63) is 71.8 Å². The van der Waals surface area contributed by atoms with E-state index in [1.54, 1.807) is 0 Å². The van der Waals surface area contributed by atoms with Crippen molar-refractivity contribution in [1.29, 1.82) is 0 Å². The average molecular weight is 431 g/mol. The standard InChI is InChI=1S/C30H38O2/c1-5-9-11-13-19-31-29-25-17-15-23(7-3)21-27(25)30(32-20-14-12-10-6-2)28-22-24(8-4)16-18-26(28)29/h5-6,9-10,15-18,21-22H,7-8,11-14,19-20H2,1-4H3/b9-5+,10-6+. The molecule has 2 nitrogen and oxygen atoms in total. The number of ether oxygens (including phenoxy) is 2. The van der Waals surface area contributed by atoms with E-state index in [1.165, 1.54) is 21.9 Å². The second-order valence-electron chi connectivity index (χ2n) is 8.24. The van der Waals surface area contributed by atoms with Crippen LogP contribution in [0.4, 0.5) is 0 Å². The third-order valence-electron chi connectivity index (χ3n) is 5.96. The van der Waals surface area contributed by atoms with Gasteiger partial charge in [0.05, 0.1) is 13.2 Å². The SMILES string of the molecule is C/C=C/CCCOc1c2ccc(CC)cc2c(OCCC/C=C/C)c2cc(CC)ccc12. The second kappa shape index (κ2) is 12.3. The van der Waals surface area contributed by atoms with E-state index in [4.69, 9.17) is 9.47 Å². The van der Waals surface area contributed by atoms with Gasteiger partial charge in [-0.2, -0.15) is 0 Å². The van der Waals surface area contributed by atoms with Crippen LogP contribution in [0.5, 0.6) is 11.5 Å². The summed E-state index contributed by atoms with van der Waals surface area (Å²) >= 11 is 0. The van der Waals surface area contributed by atoms with Gasteiger partial charge in [0.1, 0.15) is 11.5 Å². The zero-order valence-electron chi connectivity index (χ0n) is 20.2. The van der Waals surface area contributed by atoms with Crippen molar-refractivity contribution in [3.63, 3.8) is 0 Å². The average Bonchev–Trinajstić information content (AvgIpc) is 2.83. The Morgan fingerprint density at radius 1 is 0.625 bits per heavy atom. The molecular weight excluding hydrogens is 392 g/mol. The van der Waals surface area contributed by atoms with Crippen molar-refractivity contribution < 1.29 is 9.47 Å². The Morgan fingerprint density at radius 2 is 1.06 bits per heavy atom. The summed E-state index contributed by atoms with van der Waals surface area (Å²) in [4.78, 5) is 0. The molecule has 32 heavy (non-hydrogen) atoms. The van der Waals surface area contributed by atoms with Gasteiger partial charge >= 0.3 is 0 Å². The van der Waals surface area contributed by atoms with Crippen LogP contribution in [0, 0.1) is 0 Å². The van der Waals surface area contributed by atoms with E-state index in [2.05, 4.69) is 88.4 Å². The maximum Gasteiger partial charge on any atom is 0.135 e. The predicted molar refractivity (Wildman–Crippen MR) is 139 cm³/mol. The summed E-state index contributed by atoms with van der Waals surface area (Å²) in [5.74, 6) is 1.99. The lowest BCUT2D eigenvalue weighted by molar-refractivity contribution is 0.314. The third kappa shape index (κ3) is 5.73. The molecule has 0 heterocycles. The van der Waals surface area contributed by atoms with Crippen LogP contribution < -0.4 is 9.47 Å². The summed E-state index contributed by atoms with van der Waals surface area (Å²) in [6.07, 6.45) is 14.7.